The maximum Gasteiger partial charge on any atom is 0.0421 e. The molecule has 2 nitrogen and oxygen atoms in total. The maximum absolute atomic E-state index is 5.90. The molecule has 1 atom stereocenters. The minimum atomic E-state index is 0.126. The van der Waals surface area contributed by atoms with Crippen molar-refractivity contribution in [3.63, 3.8) is 0 Å². The highest BCUT2D eigenvalue weighted by atomic mass is 14.9. The summed E-state index contributed by atoms with van der Waals surface area (Å²) >= 11 is 0. The van der Waals surface area contributed by atoms with Crippen LogP contribution < -0.4 is 11.1 Å². The molecule has 1 aliphatic rings. The molecule has 1 aromatic rings. The van der Waals surface area contributed by atoms with Gasteiger partial charge in [-0.05, 0) is 30.9 Å². The molecular weight excluding hydrogens is 160 g/mol. The van der Waals surface area contributed by atoms with Gasteiger partial charge in [0.1, 0.15) is 0 Å². The number of hydrogen-bond acceptors (Lipinski definition) is 2. The van der Waals surface area contributed by atoms with E-state index in [-0.39, 0.29) is 6.04 Å². The Kier molecular flexibility index (Phi) is 2.23. The molecule has 70 valence electrons. The van der Waals surface area contributed by atoms with Gasteiger partial charge in [-0.15, -0.1) is 0 Å². The largest absolute Gasteiger partial charge is 0.385 e. The highest BCUT2D eigenvalue weighted by Gasteiger charge is 2.13. The van der Waals surface area contributed by atoms with E-state index in [1.165, 1.54) is 29.7 Å². The van der Waals surface area contributed by atoms with Crippen molar-refractivity contribution in [2.24, 2.45) is 5.73 Å². The topological polar surface area (TPSA) is 38.0 Å². The molecule has 0 spiro atoms. The van der Waals surface area contributed by atoms with E-state index >= 15 is 0 Å². The van der Waals surface area contributed by atoms with Crippen LogP contribution >= 0.6 is 0 Å². The third kappa shape index (κ3) is 1.54. The predicted octanol–water partition coefficient (Wildman–Crippen LogP) is 2.06. The van der Waals surface area contributed by atoms with E-state index in [1.807, 2.05) is 6.92 Å². The Balaban J connectivity index is 2.46. The van der Waals surface area contributed by atoms with Gasteiger partial charge in [0, 0.05) is 18.3 Å². The van der Waals surface area contributed by atoms with Crippen LogP contribution in [0.5, 0.6) is 0 Å². The Morgan fingerprint density at radius 3 is 3.08 bits per heavy atom. The second kappa shape index (κ2) is 3.38. The molecule has 13 heavy (non-hydrogen) atoms. The lowest BCUT2D eigenvalue weighted by atomic mass is 9.96. The van der Waals surface area contributed by atoms with Gasteiger partial charge >= 0.3 is 0 Å². The van der Waals surface area contributed by atoms with Crippen molar-refractivity contribution in [1.29, 1.82) is 0 Å². The molecule has 0 amide bonds. The van der Waals surface area contributed by atoms with Gasteiger partial charge in [-0.3, -0.25) is 0 Å². The molecule has 0 bridgehead atoms. The van der Waals surface area contributed by atoms with Gasteiger partial charge in [0.25, 0.3) is 0 Å². The Bertz CT molecular complexity index is 305. The van der Waals surface area contributed by atoms with Crippen molar-refractivity contribution in [1.82, 2.24) is 0 Å². The van der Waals surface area contributed by atoms with Crippen molar-refractivity contribution < 1.29 is 0 Å². The first-order chi connectivity index (χ1) is 6.29. The van der Waals surface area contributed by atoms with E-state index in [0.29, 0.717) is 0 Å². The van der Waals surface area contributed by atoms with Crippen molar-refractivity contribution in [3.8, 4) is 0 Å². The van der Waals surface area contributed by atoms with Crippen LogP contribution in [0.4, 0.5) is 5.69 Å². The van der Waals surface area contributed by atoms with Gasteiger partial charge < -0.3 is 11.1 Å². The Labute approximate surface area is 79.1 Å². The average molecular weight is 176 g/mol. The molecule has 0 aliphatic carbocycles. The summed E-state index contributed by atoms with van der Waals surface area (Å²) in [7, 11) is 0. The van der Waals surface area contributed by atoms with Crippen LogP contribution in [0.2, 0.25) is 0 Å². The van der Waals surface area contributed by atoms with E-state index in [9.17, 15) is 0 Å². The Hall–Kier alpha value is -1.02. The lowest BCUT2D eigenvalue weighted by molar-refractivity contribution is 0.785. The summed E-state index contributed by atoms with van der Waals surface area (Å²) < 4.78 is 0. The van der Waals surface area contributed by atoms with Gasteiger partial charge in [-0.1, -0.05) is 18.2 Å². The molecule has 1 heterocycles. The van der Waals surface area contributed by atoms with Crippen molar-refractivity contribution in [3.05, 3.63) is 29.3 Å². The van der Waals surface area contributed by atoms with E-state index in [1.54, 1.807) is 0 Å². The zero-order chi connectivity index (χ0) is 9.26. The predicted molar refractivity (Wildman–Crippen MR) is 55.9 cm³/mol. The molecule has 2 rings (SSSR count). The number of nitrogens with one attached hydrogen (secondary N) is 1. The van der Waals surface area contributed by atoms with E-state index in [2.05, 4.69) is 23.5 Å². The number of aryl methyl sites for hydroxylation is 1. The first kappa shape index (κ1) is 8.57. The molecule has 0 fully saturated rings. The van der Waals surface area contributed by atoms with E-state index < -0.39 is 0 Å². The zero-order valence-electron chi connectivity index (χ0n) is 8.01. The van der Waals surface area contributed by atoms with Gasteiger partial charge in [-0.2, -0.15) is 0 Å². The van der Waals surface area contributed by atoms with Crippen molar-refractivity contribution in [2.75, 3.05) is 11.9 Å². The van der Waals surface area contributed by atoms with Crippen LogP contribution in [0.25, 0.3) is 0 Å². The maximum atomic E-state index is 5.90. The molecule has 0 saturated carbocycles. The second-order valence-electron chi connectivity index (χ2n) is 3.70. The number of hydrogen-bond donors (Lipinski definition) is 2. The summed E-state index contributed by atoms with van der Waals surface area (Å²) in [6.07, 6.45) is 2.41. The highest BCUT2D eigenvalue weighted by molar-refractivity contribution is 5.60. The molecular formula is C11H16N2. The monoisotopic (exact) mass is 176 g/mol. The minimum Gasteiger partial charge on any atom is -0.385 e. The van der Waals surface area contributed by atoms with Crippen LogP contribution in [0, 0.1) is 0 Å². The molecule has 0 unspecified atom stereocenters. The SMILES string of the molecule is C[C@@H](N)c1cccc2c1NCCC2. The second-order valence-corrected chi connectivity index (χ2v) is 3.70. The summed E-state index contributed by atoms with van der Waals surface area (Å²) in [6, 6.07) is 6.53. The third-order valence-electron chi connectivity index (χ3n) is 2.60. The molecule has 0 saturated heterocycles. The fourth-order valence-electron chi connectivity index (χ4n) is 1.92. The Morgan fingerprint density at radius 1 is 1.46 bits per heavy atom. The number of nitrogens with two attached hydrogens (primary N) is 1. The van der Waals surface area contributed by atoms with Crippen molar-refractivity contribution >= 4 is 5.69 Å². The van der Waals surface area contributed by atoms with Gasteiger partial charge in [0.05, 0.1) is 0 Å². The molecule has 0 aromatic heterocycles. The quantitative estimate of drug-likeness (QED) is 0.687. The van der Waals surface area contributed by atoms with Crippen LogP contribution in [-0.2, 0) is 6.42 Å². The molecule has 3 N–H and O–H groups in total. The van der Waals surface area contributed by atoms with Gasteiger partial charge in [0.15, 0.2) is 0 Å². The summed E-state index contributed by atoms with van der Waals surface area (Å²) in [5.74, 6) is 0. The minimum absolute atomic E-state index is 0.126. The first-order valence-electron chi connectivity index (χ1n) is 4.90. The lowest BCUT2D eigenvalue weighted by Gasteiger charge is -2.22. The number of para-hydroxylation sites is 1. The highest BCUT2D eigenvalue weighted by Crippen LogP contribution is 2.28. The molecule has 2 heteroatoms. The molecule has 0 radical (unpaired) electrons. The van der Waals surface area contributed by atoms with Gasteiger partial charge in [-0.25, -0.2) is 0 Å². The van der Waals surface area contributed by atoms with Gasteiger partial charge in [0.2, 0.25) is 0 Å². The standard InChI is InChI=1S/C11H16N2/c1-8(12)10-6-2-4-9-5-3-7-13-11(9)10/h2,4,6,8,13H,3,5,7,12H2,1H3/t8-/m1/s1. The van der Waals surface area contributed by atoms with Crippen LogP contribution in [0.3, 0.4) is 0 Å². The number of fused-ring (bicyclic) bond motifs is 1. The average Bonchev–Trinajstić information content (AvgIpc) is 2.17. The van der Waals surface area contributed by atoms with Crippen LogP contribution in [0.15, 0.2) is 18.2 Å². The first-order valence-corrected chi connectivity index (χ1v) is 4.90. The lowest BCUT2D eigenvalue weighted by Crippen LogP contribution is -2.16. The zero-order valence-corrected chi connectivity index (χ0v) is 8.01. The van der Waals surface area contributed by atoms with E-state index in [0.717, 1.165) is 6.54 Å². The number of benzene rings is 1. The third-order valence-corrected chi connectivity index (χ3v) is 2.60. The van der Waals surface area contributed by atoms with E-state index in [4.69, 9.17) is 5.73 Å². The summed E-state index contributed by atoms with van der Waals surface area (Å²) in [6.45, 7) is 3.11. The summed E-state index contributed by atoms with van der Waals surface area (Å²) in [5, 5.41) is 3.43. The summed E-state index contributed by atoms with van der Waals surface area (Å²) in [5.41, 5.74) is 9.84. The van der Waals surface area contributed by atoms with Crippen LogP contribution in [0.1, 0.15) is 30.5 Å². The smallest absolute Gasteiger partial charge is 0.0421 e. The molecule has 1 aromatic carbocycles. The Morgan fingerprint density at radius 2 is 2.31 bits per heavy atom. The fraction of sp³-hybridized carbons (Fsp3) is 0.455. The number of anilines is 1. The normalized spacial score (nSPS) is 17.4. The summed E-state index contributed by atoms with van der Waals surface area (Å²) in [4.78, 5) is 0. The number of rotatable bonds is 1. The fourth-order valence-corrected chi connectivity index (χ4v) is 1.92. The molecule has 1 aliphatic heterocycles. The van der Waals surface area contributed by atoms with Crippen molar-refractivity contribution in [2.45, 2.75) is 25.8 Å². The van der Waals surface area contributed by atoms with Crippen LogP contribution in [-0.4, -0.2) is 6.54 Å².